The van der Waals surface area contributed by atoms with Gasteiger partial charge in [0.05, 0.1) is 12.1 Å². The van der Waals surface area contributed by atoms with E-state index in [0.717, 1.165) is 35.1 Å². The van der Waals surface area contributed by atoms with Crippen LogP contribution in [0.3, 0.4) is 0 Å². The number of carbonyl (C=O) groups excluding carboxylic acids is 1. The first-order chi connectivity index (χ1) is 14.2. The molecule has 0 aliphatic heterocycles. The summed E-state index contributed by atoms with van der Waals surface area (Å²) in [5, 5.41) is 4.04. The quantitative estimate of drug-likeness (QED) is 0.606. The van der Waals surface area contributed by atoms with Gasteiger partial charge in [0.25, 0.3) is 0 Å². The minimum absolute atomic E-state index is 0.0940. The Labute approximate surface area is 170 Å². The molecule has 0 spiro atoms. The lowest BCUT2D eigenvalue weighted by atomic mass is 10.1. The van der Waals surface area contributed by atoms with Gasteiger partial charge in [0.15, 0.2) is 5.82 Å². The maximum Gasteiger partial charge on any atom is 0.221 e. The average molecular weight is 390 g/mol. The van der Waals surface area contributed by atoms with E-state index in [0.29, 0.717) is 38.0 Å². The van der Waals surface area contributed by atoms with Gasteiger partial charge in [-0.25, -0.2) is 9.97 Å². The van der Waals surface area contributed by atoms with Gasteiger partial charge < -0.3 is 15.0 Å². The molecule has 1 aliphatic rings. The number of benzene rings is 2. The molecule has 1 N–H and O–H groups in total. The van der Waals surface area contributed by atoms with E-state index in [1.54, 1.807) is 7.11 Å². The highest BCUT2D eigenvalue weighted by molar-refractivity contribution is 5.91. The van der Waals surface area contributed by atoms with Crippen LogP contribution in [-0.2, 0) is 9.53 Å². The molecule has 2 aromatic carbocycles. The fourth-order valence-corrected chi connectivity index (χ4v) is 3.31. The maximum atomic E-state index is 12.3. The molecule has 1 fully saturated rings. The van der Waals surface area contributed by atoms with Crippen LogP contribution >= 0.6 is 0 Å². The topological polar surface area (TPSA) is 67.3 Å². The molecule has 1 heterocycles. The molecule has 1 amide bonds. The summed E-state index contributed by atoms with van der Waals surface area (Å²) in [5.74, 6) is 1.62. The highest BCUT2D eigenvalue weighted by Gasteiger charge is 2.23. The van der Waals surface area contributed by atoms with Crippen molar-refractivity contribution in [3.63, 3.8) is 0 Å². The lowest BCUT2D eigenvalue weighted by Crippen LogP contribution is -2.34. The molecule has 29 heavy (non-hydrogen) atoms. The van der Waals surface area contributed by atoms with Crippen molar-refractivity contribution >= 4 is 22.6 Å². The first-order valence-electron chi connectivity index (χ1n) is 10.1. The number of anilines is 1. The summed E-state index contributed by atoms with van der Waals surface area (Å²) in [6.45, 7) is 1.79. The number of ether oxygens (including phenoxy) is 1. The van der Waals surface area contributed by atoms with Crippen LogP contribution in [0.25, 0.3) is 22.3 Å². The molecule has 4 rings (SSSR count). The molecule has 6 nitrogen and oxygen atoms in total. The highest BCUT2D eigenvalue weighted by Crippen LogP contribution is 2.27. The van der Waals surface area contributed by atoms with Crippen molar-refractivity contribution in [3.05, 3.63) is 54.6 Å². The molecule has 1 saturated carbocycles. The van der Waals surface area contributed by atoms with Crippen molar-refractivity contribution in [2.75, 3.05) is 31.7 Å². The Morgan fingerprint density at radius 1 is 1.07 bits per heavy atom. The van der Waals surface area contributed by atoms with E-state index >= 15 is 0 Å². The number of rotatable bonds is 9. The Morgan fingerprint density at radius 3 is 2.59 bits per heavy atom. The molecule has 0 atom stereocenters. The van der Waals surface area contributed by atoms with Crippen molar-refractivity contribution in [1.29, 1.82) is 0 Å². The van der Waals surface area contributed by atoms with E-state index in [9.17, 15) is 4.79 Å². The van der Waals surface area contributed by atoms with E-state index < -0.39 is 0 Å². The van der Waals surface area contributed by atoms with Gasteiger partial charge in [-0.2, -0.15) is 0 Å². The SMILES string of the molecule is COCCN(CCC(=O)NC1CC1)c1nc(-c2ccccc2)nc2ccccc12. The zero-order chi connectivity index (χ0) is 20.1. The standard InChI is InChI=1S/C23H26N4O2/c1-29-16-15-27(14-13-21(28)24-18-11-12-18)23-19-9-5-6-10-20(19)25-22(26-23)17-7-3-2-4-8-17/h2-10,18H,11-16H2,1H3,(H,24,28). The van der Waals surface area contributed by atoms with Gasteiger partial charge in [-0.3, -0.25) is 4.79 Å². The Kier molecular flexibility index (Phi) is 6.00. The summed E-state index contributed by atoms with van der Waals surface area (Å²) >= 11 is 0. The minimum Gasteiger partial charge on any atom is -0.383 e. The Hall–Kier alpha value is -2.99. The molecule has 150 valence electrons. The summed E-state index contributed by atoms with van der Waals surface area (Å²) in [7, 11) is 1.69. The third-order valence-electron chi connectivity index (χ3n) is 5.03. The molecule has 0 radical (unpaired) electrons. The van der Waals surface area contributed by atoms with Crippen LogP contribution in [0.4, 0.5) is 5.82 Å². The molecular weight excluding hydrogens is 364 g/mol. The van der Waals surface area contributed by atoms with E-state index in [-0.39, 0.29) is 5.91 Å². The van der Waals surface area contributed by atoms with E-state index in [2.05, 4.69) is 10.2 Å². The second kappa shape index (κ2) is 9.01. The third kappa shape index (κ3) is 4.90. The van der Waals surface area contributed by atoms with Crippen LogP contribution in [0.1, 0.15) is 19.3 Å². The number of hydrogen-bond acceptors (Lipinski definition) is 5. The summed E-state index contributed by atoms with van der Waals surface area (Å²) in [6, 6.07) is 18.4. The number of methoxy groups -OCH3 is 1. The smallest absolute Gasteiger partial charge is 0.221 e. The van der Waals surface area contributed by atoms with Crippen molar-refractivity contribution in [1.82, 2.24) is 15.3 Å². The number of aromatic nitrogens is 2. The lowest BCUT2D eigenvalue weighted by molar-refractivity contribution is -0.121. The van der Waals surface area contributed by atoms with Crippen molar-refractivity contribution < 1.29 is 9.53 Å². The van der Waals surface area contributed by atoms with Crippen molar-refractivity contribution in [3.8, 4) is 11.4 Å². The fourth-order valence-electron chi connectivity index (χ4n) is 3.31. The second-order valence-corrected chi connectivity index (χ2v) is 7.33. The zero-order valence-electron chi connectivity index (χ0n) is 16.7. The number of para-hydroxylation sites is 1. The third-order valence-corrected chi connectivity index (χ3v) is 5.03. The van der Waals surface area contributed by atoms with Crippen LogP contribution < -0.4 is 10.2 Å². The second-order valence-electron chi connectivity index (χ2n) is 7.33. The van der Waals surface area contributed by atoms with Gasteiger partial charge >= 0.3 is 0 Å². The van der Waals surface area contributed by atoms with Crippen LogP contribution in [0.5, 0.6) is 0 Å². The molecule has 0 unspecified atom stereocenters. The number of amides is 1. The molecule has 0 bridgehead atoms. The van der Waals surface area contributed by atoms with Gasteiger partial charge in [-0.05, 0) is 25.0 Å². The first kappa shape index (κ1) is 19.3. The van der Waals surface area contributed by atoms with Crippen LogP contribution in [0.2, 0.25) is 0 Å². The molecular formula is C23H26N4O2. The predicted octanol–water partition coefficient (Wildman–Crippen LogP) is 3.42. The normalized spacial score (nSPS) is 13.4. The molecule has 0 saturated heterocycles. The number of carbonyl (C=O) groups is 1. The maximum absolute atomic E-state index is 12.3. The Bertz CT molecular complexity index is 973. The summed E-state index contributed by atoms with van der Waals surface area (Å²) in [4.78, 5) is 24.1. The van der Waals surface area contributed by atoms with E-state index in [1.165, 1.54) is 0 Å². The van der Waals surface area contributed by atoms with Crippen LogP contribution in [-0.4, -0.2) is 48.7 Å². The molecule has 1 aliphatic carbocycles. The van der Waals surface area contributed by atoms with Crippen LogP contribution in [0.15, 0.2) is 54.6 Å². The van der Waals surface area contributed by atoms with Crippen molar-refractivity contribution in [2.24, 2.45) is 0 Å². The molecule has 3 aromatic rings. The zero-order valence-corrected chi connectivity index (χ0v) is 16.7. The summed E-state index contributed by atoms with van der Waals surface area (Å²) in [5.41, 5.74) is 1.86. The molecule has 1 aromatic heterocycles. The first-order valence-corrected chi connectivity index (χ1v) is 10.1. The summed E-state index contributed by atoms with van der Waals surface area (Å²) in [6.07, 6.45) is 2.62. The van der Waals surface area contributed by atoms with E-state index in [1.807, 2.05) is 54.6 Å². The van der Waals surface area contributed by atoms with Gasteiger partial charge in [-0.15, -0.1) is 0 Å². The highest BCUT2D eigenvalue weighted by atomic mass is 16.5. The van der Waals surface area contributed by atoms with Crippen molar-refractivity contribution in [2.45, 2.75) is 25.3 Å². The average Bonchev–Trinajstić information content (AvgIpc) is 3.58. The lowest BCUT2D eigenvalue weighted by Gasteiger charge is -2.25. The van der Waals surface area contributed by atoms with Gasteiger partial charge in [0.2, 0.25) is 5.91 Å². The Balaban J connectivity index is 1.67. The fraction of sp³-hybridized carbons (Fsp3) is 0.348. The van der Waals surface area contributed by atoms with Gasteiger partial charge in [0, 0.05) is 43.6 Å². The van der Waals surface area contributed by atoms with E-state index in [4.69, 9.17) is 14.7 Å². The number of nitrogens with one attached hydrogen (secondary N) is 1. The number of hydrogen-bond donors (Lipinski definition) is 1. The van der Waals surface area contributed by atoms with Crippen LogP contribution in [0, 0.1) is 0 Å². The minimum atomic E-state index is 0.0940. The number of nitrogens with zero attached hydrogens (tertiary/aromatic N) is 3. The van der Waals surface area contributed by atoms with Gasteiger partial charge in [-0.1, -0.05) is 42.5 Å². The van der Waals surface area contributed by atoms with Gasteiger partial charge in [0.1, 0.15) is 5.82 Å². The summed E-state index contributed by atoms with van der Waals surface area (Å²) < 4.78 is 5.32. The number of fused-ring (bicyclic) bond motifs is 1. The largest absolute Gasteiger partial charge is 0.383 e. The predicted molar refractivity (Wildman–Crippen MR) is 115 cm³/mol. The Morgan fingerprint density at radius 2 is 1.83 bits per heavy atom. The monoisotopic (exact) mass is 390 g/mol. The molecule has 6 heteroatoms.